The van der Waals surface area contributed by atoms with E-state index in [-0.39, 0.29) is 30.8 Å². The summed E-state index contributed by atoms with van der Waals surface area (Å²) in [6.07, 6.45) is 0.0251. The zero-order valence-corrected chi connectivity index (χ0v) is 24.3. The van der Waals surface area contributed by atoms with Gasteiger partial charge in [0.25, 0.3) is 0 Å². The minimum Gasteiger partial charge on any atom is -0.460 e. The Bertz CT molecular complexity index is 1270. The van der Waals surface area contributed by atoms with E-state index >= 15 is 0 Å². The summed E-state index contributed by atoms with van der Waals surface area (Å²) in [6, 6.07) is 15.0. The van der Waals surface area contributed by atoms with Gasteiger partial charge in [0.15, 0.2) is 0 Å². The van der Waals surface area contributed by atoms with E-state index in [4.69, 9.17) is 14.5 Å². The van der Waals surface area contributed by atoms with E-state index in [0.717, 1.165) is 16.8 Å². The molecule has 1 N–H and O–H groups in total. The van der Waals surface area contributed by atoms with Crippen molar-refractivity contribution in [1.82, 2.24) is 4.90 Å². The molecule has 1 atom stereocenters. The summed E-state index contributed by atoms with van der Waals surface area (Å²) in [5.74, 6) is -0.617. The number of rotatable bonds is 5. The first kappa shape index (κ1) is 29.1. The van der Waals surface area contributed by atoms with Gasteiger partial charge in [-0.25, -0.2) is 4.79 Å². The van der Waals surface area contributed by atoms with Crippen molar-refractivity contribution >= 4 is 35.1 Å². The molecule has 0 bridgehead atoms. The molecular formula is C31H40N4O5. The van der Waals surface area contributed by atoms with Crippen LogP contribution in [0.1, 0.15) is 65.5 Å². The van der Waals surface area contributed by atoms with Gasteiger partial charge < -0.3 is 24.6 Å². The average Bonchev–Trinajstić information content (AvgIpc) is 3.01. The second-order valence-electron chi connectivity index (χ2n) is 12.2. The smallest absolute Gasteiger partial charge is 0.410 e. The van der Waals surface area contributed by atoms with Crippen LogP contribution in [0.4, 0.5) is 16.2 Å². The van der Waals surface area contributed by atoms with Crippen molar-refractivity contribution in [3.8, 4) is 0 Å². The van der Waals surface area contributed by atoms with Crippen molar-refractivity contribution < 1.29 is 23.9 Å². The van der Waals surface area contributed by atoms with Gasteiger partial charge in [0, 0.05) is 49.4 Å². The number of fused-ring (bicyclic) bond motifs is 1. The van der Waals surface area contributed by atoms with Crippen LogP contribution >= 0.6 is 0 Å². The number of piperazine rings is 1. The first-order valence-corrected chi connectivity index (χ1v) is 13.8. The number of nitrogens with zero attached hydrogens (tertiary/aromatic N) is 3. The Hall–Kier alpha value is -3.88. The molecule has 2 aromatic carbocycles. The van der Waals surface area contributed by atoms with Crippen LogP contribution in [0.3, 0.4) is 0 Å². The Morgan fingerprint density at radius 2 is 1.57 bits per heavy atom. The molecule has 9 nitrogen and oxygen atoms in total. The molecule has 1 fully saturated rings. The number of benzodiazepines with no additional fused rings is 1. The van der Waals surface area contributed by atoms with Gasteiger partial charge in [-0.1, -0.05) is 30.3 Å². The van der Waals surface area contributed by atoms with Gasteiger partial charge in [-0.3, -0.25) is 14.6 Å². The molecule has 9 heteroatoms. The van der Waals surface area contributed by atoms with Gasteiger partial charge in [0.2, 0.25) is 5.91 Å². The lowest BCUT2D eigenvalue weighted by Crippen LogP contribution is -2.50. The van der Waals surface area contributed by atoms with Crippen molar-refractivity contribution in [3.63, 3.8) is 0 Å². The van der Waals surface area contributed by atoms with E-state index in [1.807, 2.05) is 90.1 Å². The zero-order valence-electron chi connectivity index (χ0n) is 24.3. The highest BCUT2D eigenvalue weighted by Gasteiger charge is 2.29. The molecule has 1 saturated heterocycles. The Morgan fingerprint density at radius 3 is 2.20 bits per heavy atom. The number of nitrogens with one attached hydrogen (secondary N) is 1. The van der Waals surface area contributed by atoms with Gasteiger partial charge in [0.05, 0.1) is 11.4 Å². The van der Waals surface area contributed by atoms with Crippen LogP contribution < -0.4 is 10.2 Å². The zero-order chi connectivity index (χ0) is 29.1. The maximum Gasteiger partial charge on any atom is 0.410 e. The minimum absolute atomic E-state index is 0.0877. The van der Waals surface area contributed by atoms with E-state index in [2.05, 4.69) is 10.2 Å². The lowest BCUT2D eigenvalue weighted by Gasteiger charge is -2.37. The van der Waals surface area contributed by atoms with Crippen molar-refractivity contribution in [3.05, 3.63) is 59.7 Å². The van der Waals surface area contributed by atoms with E-state index in [9.17, 15) is 14.4 Å². The summed E-state index contributed by atoms with van der Waals surface area (Å²) in [5.41, 5.74) is 2.89. The standard InChI is InChI=1S/C31H40N4O5/c1-30(2,3)39-26(36)15-14-24-28(37)33-25-20-22(12-13-23(25)27(32-24)21-10-8-7-9-11-21)34-16-18-35(19-17-34)29(38)40-31(4,5)6/h7-13,20,24H,14-19H2,1-6H3,(H,33,37)/t24-/m1/s1. The first-order chi connectivity index (χ1) is 18.8. The van der Waals surface area contributed by atoms with Crippen molar-refractivity contribution in [2.45, 2.75) is 71.6 Å². The fourth-order valence-corrected chi connectivity index (χ4v) is 4.68. The number of esters is 1. The van der Waals surface area contributed by atoms with Gasteiger partial charge in [-0.15, -0.1) is 0 Å². The fraction of sp³-hybridized carbons (Fsp3) is 0.484. The Morgan fingerprint density at radius 1 is 0.925 bits per heavy atom. The molecule has 0 radical (unpaired) electrons. The van der Waals surface area contributed by atoms with Gasteiger partial charge >= 0.3 is 12.1 Å². The summed E-state index contributed by atoms with van der Waals surface area (Å²) in [7, 11) is 0. The quantitative estimate of drug-likeness (QED) is 0.527. The molecule has 0 aromatic heterocycles. The molecule has 0 aliphatic carbocycles. The summed E-state index contributed by atoms with van der Waals surface area (Å²) in [6.45, 7) is 13.4. The van der Waals surface area contributed by atoms with E-state index in [1.54, 1.807) is 4.90 Å². The fourth-order valence-electron chi connectivity index (χ4n) is 4.68. The highest BCUT2D eigenvalue weighted by Crippen LogP contribution is 2.30. The normalized spacial score (nSPS) is 17.8. The summed E-state index contributed by atoms with van der Waals surface area (Å²) >= 11 is 0. The van der Waals surface area contributed by atoms with Crippen LogP contribution in [0.15, 0.2) is 53.5 Å². The topological polar surface area (TPSA) is 101 Å². The summed E-state index contributed by atoms with van der Waals surface area (Å²) < 4.78 is 11.0. The molecule has 214 valence electrons. The lowest BCUT2D eigenvalue weighted by atomic mass is 9.99. The summed E-state index contributed by atoms with van der Waals surface area (Å²) in [4.78, 5) is 47.0. The Balaban J connectivity index is 1.54. The van der Waals surface area contributed by atoms with Gasteiger partial charge in [-0.2, -0.15) is 0 Å². The summed E-state index contributed by atoms with van der Waals surface area (Å²) in [5, 5.41) is 3.06. The lowest BCUT2D eigenvalue weighted by molar-refractivity contribution is -0.155. The second kappa shape index (κ2) is 11.7. The Kier molecular flexibility index (Phi) is 8.51. The third kappa shape index (κ3) is 7.61. The number of carbonyl (C=O) groups is 3. The van der Waals surface area contributed by atoms with Gasteiger partial charge in [0.1, 0.15) is 17.2 Å². The molecular weight excluding hydrogens is 508 g/mol. The third-order valence-corrected chi connectivity index (χ3v) is 6.49. The van der Waals surface area contributed by atoms with Crippen molar-refractivity contribution in [1.29, 1.82) is 0 Å². The molecule has 2 aromatic rings. The van der Waals surface area contributed by atoms with Crippen molar-refractivity contribution in [2.24, 2.45) is 4.99 Å². The molecule has 40 heavy (non-hydrogen) atoms. The highest BCUT2D eigenvalue weighted by molar-refractivity contribution is 6.20. The van der Waals surface area contributed by atoms with Crippen LogP contribution in [-0.4, -0.2) is 72.0 Å². The number of aliphatic imine (C=N–C) groups is 1. The van der Waals surface area contributed by atoms with Crippen LogP contribution in [0.2, 0.25) is 0 Å². The molecule has 4 rings (SSSR count). The molecule has 0 spiro atoms. The number of hydrogen-bond donors (Lipinski definition) is 1. The Labute approximate surface area is 236 Å². The van der Waals surface area contributed by atoms with E-state index < -0.39 is 17.2 Å². The first-order valence-electron chi connectivity index (χ1n) is 13.8. The van der Waals surface area contributed by atoms with Crippen LogP contribution in [0.5, 0.6) is 0 Å². The minimum atomic E-state index is -0.740. The SMILES string of the molecule is CC(C)(C)OC(=O)CC[C@H]1N=C(c2ccccc2)c2ccc(N3CCN(C(=O)OC(C)(C)C)CC3)cc2NC1=O. The van der Waals surface area contributed by atoms with Gasteiger partial charge in [-0.05, 0) is 66.2 Å². The molecule has 2 amide bonds. The monoisotopic (exact) mass is 548 g/mol. The molecule has 2 heterocycles. The predicted octanol–water partition coefficient (Wildman–Crippen LogP) is 5.02. The van der Waals surface area contributed by atoms with Crippen LogP contribution in [-0.2, 0) is 19.1 Å². The predicted molar refractivity (Wildman–Crippen MR) is 156 cm³/mol. The van der Waals surface area contributed by atoms with Crippen molar-refractivity contribution in [2.75, 3.05) is 36.4 Å². The maximum absolute atomic E-state index is 13.3. The average molecular weight is 549 g/mol. The second-order valence-corrected chi connectivity index (χ2v) is 12.2. The van der Waals surface area contributed by atoms with E-state index in [1.165, 1.54) is 0 Å². The largest absolute Gasteiger partial charge is 0.460 e. The highest BCUT2D eigenvalue weighted by atomic mass is 16.6. The number of amides is 2. The number of carbonyl (C=O) groups excluding carboxylic acids is 3. The van der Waals surface area contributed by atoms with Crippen LogP contribution in [0.25, 0.3) is 0 Å². The van der Waals surface area contributed by atoms with E-state index in [0.29, 0.717) is 37.6 Å². The molecule has 0 unspecified atom stereocenters. The number of benzene rings is 2. The third-order valence-electron chi connectivity index (χ3n) is 6.49. The molecule has 2 aliphatic rings. The number of hydrogen-bond acceptors (Lipinski definition) is 7. The number of anilines is 2. The van der Waals surface area contributed by atoms with Crippen LogP contribution in [0, 0.1) is 0 Å². The number of ether oxygens (including phenoxy) is 2. The molecule has 0 saturated carbocycles. The molecule has 2 aliphatic heterocycles. The maximum atomic E-state index is 13.3.